The van der Waals surface area contributed by atoms with Crippen LogP contribution in [0.25, 0.3) is 0 Å². The van der Waals surface area contributed by atoms with Crippen molar-refractivity contribution in [2.45, 2.75) is 24.1 Å². The predicted molar refractivity (Wildman–Crippen MR) is 167 cm³/mol. The van der Waals surface area contributed by atoms with Gasteiger partial charge in [-0.2, -0.15) is 4.31 Å². The Balaban J connectivity index is 1.42. The molecule has 1 aliphatic rings. The molecule has 1 unspecified atom stereocenters. The minimum atomic E-state index is -4.20. The summed E-state index contributed by atoms with van der Waals surface area (Å²) in [6, 6.07) is 26.6. The third kappa shape index (κ3) is 7.31. The second kappa shape index (κ2) is 13.4. The van der Waals surface area contributed by atoms with Gasteiger partial charge >= 0.3 is 0 Å². The standard InChI is InChI=1S/C31H26Cl3N3O5S/c32-23-12-14-25(15-13-23)43(40,41)36(18-22-10-11-24(33)16-26(22)34)20-30(38)37-19-29(42-28-9-5-4-8-27(28)37)31(39)35-17-21-6-2-1-3-7-21/h1-16,29H,17-20H2,(H,35,39). The molecule has 0 aliphatic carbocycles. The van der Waals surface area contributed by atoms with Gasteiger partial charge in [0.25, 0.3) is 5.91 Å². The van der Waals surface area contributed by atoms with Crippen LogP contribution in [0.4, 0.5) is 5.69 Å². The Morgan fingerprint density at radius 3 is 2.28 bits per heavy atom. The normalized spacial score (nSPS) is 14.6. The Hall–Kier alpha value is -3.60. The molecule has 4 aromatic rings. The van der Waals surface area contributed by atoms with Crippen LogP contribution in [0.1, 0.15) is 11.1 Å². The topological polar surface area (TPSA) is 96.0 Å². The fourth-order valence-corrected chi connectivity index (χ4v) is 6.53. The lowest BCUT2D eigenvalue weighted by Gasteiger charge is -2.35. The van der Waals surface area contributed by atoms with E-state index in [1.54, 1.807) is 36.4 Å². The van der Waals surface area contributed by atoms with Crippen molar-refractivity contribution in [3.05, 3.63) is 123 Å². The van der Waals surface area contributed by atoms with Gasteiger partial charge in [0.2, 0.25) is 15.9 Å². The Morgan fingerprint density at radius 2 is 1.56 bits per heavy atom. The van der Waals surface area contributed by atoms with Crippen molar-refractivity contribution in [2.24, 2.45) is 0 Å². The number of nitrogens with one attached hydrogen (secondary N) is 1. The van der Waals surface area contributed by atoms with E-state index in [4.69, 9.17) is 39.5 Å². The number of rotatable bonds is 9. The molecule has 1 atom stereocenters. The van der Waals surface area contributed by atoms with Crippen LogP contribution in [-0.4, -0.2) is 43.7 Å². The molecule has 4 aromatic carbocycles. The molecule has 0 fully saturated rings. The smallest absolute Gasteiger partial charge is 0.263 e. The molecule has 0 radical (unpaired) electrons. The highest BCUT2D eigenvalue weighted by Crippen LogP contribution is 2.34. The van der Waals surface area contributed by atoms with Crippen LogP contribution in [0.5, 0.6) is 5.75 Å². The molecular formula is C31H26Cl3N3O5S. The highest BCUT2D eigenvalue weighted by molar-refractivity contribution is 7.89. The van der Waals surface area contributed by atoms with Crippen molar-refractivity contribution in [1.29, 1.82) is 0 Å². The first kappa shape index (κ1) is 30.8. The number of carbonyl (C=O) groups is 2. The zero-order chi connectivity index (χ0) is 30.6. The van der Waals surface area contributed by atoms with Gasteiger partial charge in [0.05, 0.1) is 23.7 Å². The Morgan fingerprint density at radius 1 is 0.884 bits per heavy atom. The molecule has 0 saturated heterocycles. The van der Waals surface area contributed by atoms with E-state index in [0.717, 1.165) is 9.87 Å². The van der Waals surface area contributed by atoms with Crippen molar-refractivity contribution in [1.82, 2.24) is 9.62 Å². The van der Waals surface area contributed by atoms with Gasteiger partial charge in [-0.15, -0.1) is 0 Å². The average molecular weight is 659 g/mol. The predicted octanol–water partition coefficient (Wildman–Crippen LogP) is 5.95. The minimum Gasteiger partial charge on any atom is -0.477 e. The molecule has 1 heterocycles. The summed E-state index contributed by atoms with van der Waals surface area (Å²) in [5.74, 6) is -0.635. The number of halogens is 3. The summed E-state index contributed by atoms with van der Waals surface area (Å²) in [6.07, 6.45) is -1.02. The molecule has 222 valence electrons. The molecule has 43 heavy (non-hydrogen) atoms. The lowest BCUT2D eigenvalue weighted by Crippen LogP contribution is -2.52. The highest BCUT2D eigenvalue weighted by atomic mass is 35.5. The van der Waals surface area contributed by atoms with Gasteiger partial charge in [-0.05, 0) is 59.7 Å². The van der Waals surface area contributed by atoms with Gasteiger partial charge < -0.3 is 15.0 Å². The maximum atomic E-state index is 13.9. The van der Waals surface area contributed by atoms with E-state index in [2.05, 4.69) is 5.32 Å². The van der Waals surface area contributed by atoms with E-state index >= 15 is 0 Å². The first-order chi connectivity index (χ1) is 20.6. The zero-order valence-corrected chi connectivity index (χ0v) is 25.7. The summed E-state index contributed by atoms with van der Waals surface area (Å²) in [5, 5.41) is 3.85. The summed E-state index contributed by atoms with van der Waals surface area (Å²) in [4.78, 5) is 28.4. The van der Waals surface area contributed by atoms with Gasteiger partial charge in [-0.1, -0.05) is 83.3 Å². The number of nitrogens with zero attached hydrogens (tertiary/aromatic N) is 2. The van der Waals surface area contributed by atoms with Crippen LogP contribution in [0, 0.1) is 0 Å². The maximum absolute atomic E-state index is 13.9. The number of anilines is 1. The Labute approximate surface area is 264 Å². The number of sulfonamides is 1. The largest absolute Gasteiger partial charge is 0.477 e. The van der Waals surface area contributed by atoms with Crippen LogP contribution in [0.2, 0.25) is 15.1 Å². The molecule has 8 nitrogen and oxygen atoms in total. The highest BCUT2D eigenvalue weighted by Gasteiger charge is 2.36. The van der Waals surface area contributed by atoms with Crippen molar-refractivity contribution in [2.75, 3.05) is 18.0 Å². The van der Waals surface area contributed by atoms with Crippen molar-refractivity contribution >= 4 is 62.3 Å². The number of hydrogen-bond donors (Lipinski definition) is 1. The average Bonchev–Trinajstić information content (AvgIpc) is 3.00. The van der Waals surface area contributed by atoms with E-state index in [9.17, 15) is 18.0 Å². The van der Waals surface area contributed by atoms with Crippen LogP contribution in [0.3, 0.4) is 0 Å². The van der Waals surface area contributed by atoms with Crippen LogP contribution >= 0.6 is 34.8 Å². The quantitative estimate of drug-likeness (QED) is 0.240. The Kier molecular flexibility index (Phi) is 9.59. The molecule has 0 bridgehead atoms. The van der Waals surface area contributed by atoms with Crippen LogP contribution < -0.4 is 15.0 Å². The third-order valence-corrected chi connectivity index (χ3v) is 9.45. The molecule has 2 amide bonds. The summed E-state index contributed by atoms with van der Waals surface area (Å²) in [7, 11) is -4.20. The van der Waals surface area contributed by atoms with E-state index in [0.29, 0.717) is 27.0 Å². The minimum absolute atomic E-state index is 0.0460. The molecule has 0 spiro atoms. The van der Waals surface area contributed by atoms with Crippen molar-refractivity contribution < 1.29 is 22.7 Å². The molecule has 0 aromatic heterocycles. The maximum Gasteiger partial charge on any atom is 0.263 e. The summed E-state index contributed by atoms with van der Waals surface area (Å²) >= 11 is 18.4. The number of hydrogen-bond acceptors (Lipinski definition) is 5. The molecular weight excluding hydrogens is 633 g/mol. The van der Waals surface area contributed by atoms with Crippen molar-refractivity contribution in [3.8, 4) is 5.75 Å². The van der Waals surface area contributed by atoms with E-state index < -0.39 is 34.5 Å². The zero-order valence-electron chi connectivity index (χ0n) is 22.6. The van der Waals surface area contributed by atoms with Crippen LogP contribution in [-0.2, 0) is 32.7 Å². The molecule has 0 saturated carbocycles. The number of carbonyl (C=O) groups excluding carboxylic acids is 2. The first-order valence-electron chi connectivity index (χ1n) is 13.2. The van der Waals surface area contributed by atoms with Crippen molar-refractivity contribution in [3.63, 3.8) is 0 Å². The number of ether oxygens (including phenoxy) is 1. The number of benzene rings is 4. The van der Waals surface area contributed by atoms with E-state index in [-0.39, 0.29) is 29.6 Å². The monoisotopic (exact) mass is 657 g/mol. The van der Waals surface area contributed by atoms with Gasteiger partial charge in [0, 0.05) is 28.2 Å². The molecule has 1 aliphatic heterocycles. The van der Waals surface area contributed by atoms with Gasteiger partial charge in [-0.25, -0.2) is 8.42 Å². The number of para-hydroxylation sites is 2. The first-order valence-corrected chi connectivity index (χ1v) is 15.8. The number of amides is 2. The number of fused-ring (bicyclic) bond motifs is 1. The van der Waals surface area contributed by atoms with E-state index in [1.165, 1.54) is 35.2 Å². The lowest BCUT2D eigenvalue weighted by molar-refractivity contribution is -0.128. The van der Waals surface area contributed by atoms with E-state index in [1.807, 2.05) is 30.3 Å². The second-order valence-corrected chi connectivity index (χ2v) is 13.0. The second-order valence-electron chi connectivity index (χ2n) is 9.74. The third-order valence-electron chi connectivity index (χ3n) is 6.80. The fourth-order valence-electron chi connectivity index (χ4n) is 4.56. The van der Waals surface area contributed by atoms with Gasteiger partial charge in [-0.3, -0.25) is 9.59 Å². The SMILES string of the molecule is O=C(NCc1ccccc1)C1CN(C(=O)CN(Cc2ccc(Cl)cc2Cl)S(=O)(=O)c2ccc(Cl)cc2)c2ccccc2O1. The van der Waals surface area contributed by atoms with Gasteiger partial charge in [0.1, 0.15) is 5.75 Å². The molecule has 12 heteroatoms. The van der Waals surface area contributed by atoms with Gasteiger partial charge in [0.15, 0.2) is 6.10 Å². The fraction of sp³-hybridized carbons (Fsp3) is 0.161. The van der Waals surface area contributed by atoms with Crippen LogP contribution in [0.15, 0.2) is 102 Å². The summed E-state index contributed by atoms with van der Waals surface area (Å²) < 4.78 is 34.7. The summed E-state index contributed by atoms with van der Waals surface area (Å²) in [5.41, 5.74) is 1.79. The Bertz CT molecular complexity index is 1740. The lowest BCUT2D eigenvalue weighted by atomic mass is 10.1. The molecule has 5 rings (SSSR count). The molecule has 1 N–H and O–H groups in total. The summed E-state index contributed by atoms with van der Waals surface area (Å²) in [6.45, 7) is -0.590.